The molecule has 1 aliphatic heterocycles. The highest BCUT2D eigenvalue weighted by atomic mass is 35.5. The summed E-state index contributed by atoms with van der Waals surface area (Å²) in [5.74, 6) is 0.547. The molecular weight excluding hydrogens is 512 g/mol. The van der Waals surface area contributed by atoms with E-state index in [1.807, 2.05) is 48.5 Å². The van der Waals surface area contributed by atoms with Crippen molar-refractivity contribution in [2.45, 2.75) is 13.8 Å². The SMILES string of the molecule is CCN(CC)c1cc(C(=O)Nc2ccccc2N2CCN(CCN)CC2)nc2c(-c3cccc(Cl)c3)cnn12. The fourth-order valence-electron chi connectivity index (χ4n) is 5.13. The average molecular weight is 547 g/mol. The number of anilines is 3. The van der Waals surface area contributed by atoms with Crippen LogP contribution < -0.4 is 20.9 Å². The minimum Gasteiger partial charge on any atom is -0.367 e. The van der Waals surface area contributed by atoms with Crippen molar-refractivity contribution >= 4 is 40.3 Å². The molecule has 5 rings (SSSR count). The first-order valence-electron chi connectivity index (χ1n) is 13.5. The third-order valence-electron chi connectivity index (χ3n) is 7.22. The second-order valence-corrected chi connectivity index (χ2v) is 10.0. The highest BCUT2D eigenvalue weighted by Crippen LogP contribution is 2.30. The molecule has 2 aromatic carbocycles. The Balaban J connectivity index is 1.49. The lowest BCUT2D eigenvalue weighted by Gasteiger charge is -2.36. The largest absolute Gasteiger partial charge is 0.367 e. The van der Waals surface area contributed by atoms with Gasteiger partial charge in [0.1, 0.15) is 11.5 Å². The van der Waals surface area contributed by atoms with Gasteiger partial charge in [-0.1, -0.05) is 35.9 Å². The summed E-state index contributed by atoms with van der Waals surface area (Å²) >= 11 is 6.28. The summed E-state index contributed by atoms with van der Waals surface area (Å²) in [5.41, 5.74) is 10.2. The lowest BCUT2D eigenvalue weighted by molar-refractivity contribution is 0.102. The van der Waals surface area contributed by atoms with E-state index >= 15 is 0 Å². The number of para-hydroxylation sites is 2. The molecule has 39 heavy (non-hydrogen) atoms. The van der Waals surface area contributed by atoms with E-state index in [-0.39, 0.29) is 5.91 Å². The predicted molar refractivity (Wildman–Crippen MR) is 159 cm³/mol. The molecule has 10 heteroatoms. The summed E-state index contributed by atoms with van der Waals surface area (Å²) in [6.07, 6.45) is 1.78. The predicted octanol–water partition coefficient (Wildman–Crippen LogP) is 4.23. The van der Waals surface area contributed by atoms with Gasteiger partial charge in [-0.25, -0.2) is 4.98 Å². The zero-order valence-corrected chi connectivity index (χ0v) is 23.2. The molecule has 9 nitrogen and oxygen atoms in total. The van der Waals surface area contributed by atoms with E-state index in [9.17, 15) is 4.79 Å². The van der Waals surface area contributed by atoms with Crippen LogP contribution in [-0.4, -0.2) is 77.8 Å². The van der Waals surface area contributed by atoms with Gasteiger partial charge in [0.05, 0.1) is 17.6 Å². The number of carbonyl (C=O) groups is 1. The number of piperazine rings is 1. The molecule has 1 fully saturated rings. The van der Waals surface area contributed by atoms with Crippen LogP contribution in [0.1, 0.15) is 24.3 Å². The Labute approximate surface area is 234 Å². The topological polar surface area (TPSA) is 95.0 Å². The molecule has 2 aromatic heterocycles. The summed E-state index contributed by atoms with van der Waals surface area (Å²) < 4.78 is 1.80. The van der Waals surface area contributed by atoms with E-state index in [4.69, 9.17) is 22.3 Å². The molecular formula is C29H35ClN8O. The highest BCUT2D eigenvalue weighted by molar-refractivity contribution is 6.30. The van der Waals surface area contributed by atoms with Gasteiger partial charge in [-0.3, -0.25) is 9.69 Å². The maximum atomic E-state index is 13.7. The van der Waals surface area contributed by atoms with Gasteiger partial charge in [0, 0.05) is 69.0 Å². The number of nitrogens with one attached hydrogen (secondary N) is 1. The van der Waals surface area contributed by atoms with Crippen molar-refractivity contribution in [2.24, 2.45) is 5.73 Å². The zero-order valence-electron chi connectivity index (χ0n) is 22.5. The fourth-order valence-corrected chi connectivity index (χ4v) is 5.32. The number of carbonyl (C=O) groups excluding carboxylic acids is 1. The van der Waals surface area contributed by atoms with Crippen LogP contribution in [0.4, 0.5) is 17.2 Å². The number of nitrogens with two attached hydrogens (primary N) is 1. The summed E-state index contributed by atoms with van der Waals surface area (Å²) in [4.78, 5) is 25.4. The molecule has 4 aromatic rings. The van der Waals surface area contributed by atoms with Crippen molar-refractivity contribution in [3.05, 3.63) is 71.5 Å². The molecule has 0 bridgehead atoms. The number of nitrogens with zero attached hydrogens (tertiary/aromatic N) is 6. The summed E-state index contributed by atoms with van der Waals surface area (Å²) in [6.45, 7) is 10.9. The van der Waals surface area contributed by atoms with Crippen molar-refractivity contribution in [3.63, 3.8) is 0 Å². The van der Waals surface area contributed by atoms with Gasteiger partial charge >= 0.3 is 0 Å². The third-order valence-corrected chi connectivity index (χ3v) is 7.45. The Bertz CT molecular complexity index is 1440. The number of hydrogen-bond acceptors (Lipinski definition) is 7. The second kappa shape index (κ2) is 12.0. The second-order valence-electron chi connectivity index (χ2n) is 9.56. The minimum absolute atomic E-state index is 0.265. The van der Waals surface area contributed by atoms with Crippen molar-refractivity contribution in [1.82, 2.24) is 19.5 Å². The molecule has 1 amide bonds. The molecule has 0 radical (unpaired) electrons. The minimum atomic E-state index is -0.265. The Morgan fingerprint density at radius 3 is 2.54 bits per heavy atom. The van der Waals surface area contributed by atoms with Gasteiger partial charge in [0.15, 0.2) is 5.65 Å². The van der Waals surface area contributed by atoms with Crippen LogP contribution in [0.5, 0.6) is 0 Å². The summed E-state index contributed by atoms with van der Waals surface area (Å²) in [7, 11) is 0. The fraction of sp³-hybridized carbons (Fsp3) is 0.345. The van der Waals surface area contributed by atoms with Crippen LogP contribution in [0.2, 0.25) is 5.02 Å². The molecule has 1 saturated heterocycles. The van der Waals surface area contributed by atoms with E-state index in [2.05, 4.69) is 45.0 Å². The maximum Gasteiger partial charge on any atom is 0.274 e. The van der Waals surface area contributed by atoms with Gasteiger partial charge in [0.25, 0.3) is 5.91 Å². The summed E-state index contributed by atoms with van der Waals surface area (Å²) in [5, 5.41) is 8.41. The standard InChI is InChI=1S/C29H35ClN8O/c1-3-36(4-2)27-19-25(33-28-23(20-32-38(27)28)21-8-7-9-22(30)18-21)29(39)34-24-10-5-6-11-26(24)37-16-14-35(13-12-31)15-17-37/h5-11,18-20H,3-4,12-17,31H2,1-2H3,(H,34,39). The zero-order chi connectivity index (χ0) is 27.4. The Morgan fingerprint density at radius 1 is 1.05 bits per heavy atom. The van der Waals surface area contributed by atoms with Crippen molar-refractivity contribution < 1.29 is 4.79 Å². The van der Waals surface area contributed by atoms with Gasteiger partial charge in [-0.15, -0.1) is 0 Å². The van der Waals surface area contributed by atoms with Crippen LogP contribution in [0.3, 0.4) is 0 Å². The Morgan fingerprint density at radius 2 is 1.82 bits per heavy atom. The smallest absolute Gasteiger partial charge is 0.274 e. The Hall–Kier alpha value is -3.66. The van der Waals surface area contributed by atoms with Gasteiger partial charge in [-0.2, -0.15) is 9.61 Å². The van der Waals surface area contributed by atoms with Crippen molar-refractivity contribution in [3.8, 4) is 11.1 Å². The first-order valence-corrected chi connectivity index (χ1v) is 13.9. The number of hydrogen-bond donors (Lipinski definition) is 2. The number of rotatable bonds is 9. The van der Waals surface area contributed by atoms with Crippen LogP contribution >= 0.6 is 11.6 Å². The summed E-state index contributed by atoms with van der Waals surface area (Å²) in [6, 6.07) is 17.3. The average Bonchev–Trinajstić information content (AvgIpc) is 3.39. The van der Waals surface area contributed by atoms with E-state index in [1.165, 1.54) is 0 Å². The van der Waals surface area contributed by atoms with E-state index in [0.29, 0.717) is 22.9 Å². The number of amides is 1. The molecule has 0 aliphatic carbocycles. The van der Waals surface area contributed by atoms with E-state index in [0.717, 1.165) is 74.1 Å². The molecule has 1 aliphatic rings. The van der Waals surface area contributed by atoms with Crippen molar-refractivity contribution in [1.29, 1.82) is 0 Å². The maximum absolute atomic E-state index is 13.7. The first-order chi connectivity index (χ1) is 19.0. The van der Waals surface area contributed by atoms with Gasteiger partial charge in [0.2, 0.25) is 0 Å². The van der Waals surface area contributed by atoms with Crippen LogP contribution in [0.15, 0.2) is 60.8 Å². The highest BCUT2D eigenvalue weighted by Gasteiger charge is 2.22. The number of halogens is 1. The van der Waals surface area contributed by atoms with Crippen LogP contribution in [0.25, 0.3) is 16.8 Å². The van der Waals surface area contributed by atoms with E-state index < -0.39 is 0 Å². The van der Waals surface area contributed by atoms with Crippen LogP contribution in [0, 0.1) is 0 Å². The van der Waals surface area contributed by atoms with Crippen LogP contribution in [-0.2, 0) is 0 Å². The van der Waals surface area contributed by atoms with Crippen molar-refractivity contribution in [2.75, 3.05) is 67.5 Å². The first kappa shape index (κ1) is 26.9. The molecule has 0 atom stereocenters. The lowest BCUT2D eigenvalue weighted by atomic mass is 10.1. The molecule has 3 N–H and O–H groups in total. The van der Waals surface area contributed by atoms with E-state index in [1.54, 1.807) is 10.7 Å². The van der Waals surface area contributed by atoms with Gasteiger partial charge < -0.3 is 20.9 Å². The normalized spacial score (nSPS) is 14.1. The number of benzene rings is 2. The molecule has 0 unspecified atom stereocenters. The quantitative estimate of drug-likeness (QED) is 0.324. The Kier molecular flexibility index (Phi) is 8.30. The molecule has 0 saturated carbocycles. The number of aromatic nitrogens is 3. The molecule has 3 heterocycles. The third kappa shape index (κ3) is 5.71. The monoisotopic (exact) mass is 546 g/mol. The molecule has 0 spiro atoms. The van der Waals surface area contributed by atoms with Gasteiger partial charge in [-0.05, 0) is 43.7 Å². The lowest BCUT2D eigenvalue weighted by Crippen LogP contribution is -2.48. The number of fused-ring (bicyclic) bond motifs is 1. The molecule has 204 valence electrons.